The molecule has 1 aromatic heterocycles. The second-order valence-corrected chi connectivity index (χ2v) is 6.95. The van der Waals surface area contributed by atoms with E-state index in [4.69, 9.17) is 4.74 Å². The first-order valence-electron chi connectivity index (χ1n) is 8.19. The second-order valence-electron chi connectivity index (χ2n) is 5.92. The van der Waals surface area contributed by atoms with E-state index in [2.05, 4.69) is 36.7 Å². The van der Waals surface area contributed by atoms with Crippen molar-refractivity contribution in [1.82, 2.24) is 5.32 Å². The lowest BCUT2D eigenvalue weighted by atomic mass is 9.77. The fourth-order valence-corrected chi connectivity index (χ4v) is 3.79. The van der Waals surface area contributed by atoms with Gasteiger partial charge in [-0.1, -0.05) is 13.0 Å². The molecule has 2 rings (SSSR count). The molecule has 1 aliphatic rings. The molecule has 1 fully saturated rings. The van der Waals surface area contributed by atoms with E-state index in [0.29, 0.717) is 12.1 Å². The molecule has 1 atom stereocenters. The van der Waals surface area contributed by atoms with Crippen LogP contribution in [0.15, 0.2) is 17.5 Å². The average Bonchev–Trinajstić information content (AvgIpc) is 2.92. The van der Waals surface area contributed by atoms with Crippen LogP contribution in [0.5, 0.6) is 0 Å². The summed E-state index contributed by atoms with van der Waals surface area (Å²) in [5, 5.41) is 5.92. The summed E-state index contributed by atoms with van der Waals surface area (Å²) in [5.41, 5.74) is 0. The molecule has 2 nitrogen and oxygen atoms in total. The molecule has 1 N–H and O–H groups in total. The molecule has 0 spiro atoms. The highest BCUT2D eigenvalue weighted by Gasteiger charge is 2.31. The van der Waals surface area contributed by atoms with Gasteiger partial charge in [-0.15, -0.1) is 11.3 Å². The van der Waals surface area contributed by atoms with Gasteiger partial charge < -0.3 is 10.1 Å². The van der Waals surface area contributed by atoms with Crippen LogP contribution in [-0.4, -0.2) is 25.3 Å². The highest BCUT2D eigenvalue weighted by Crippen LogP contribution is 2.34. The quantitative estimate of drug-likeness (QED) is 0.696. The average molecular weight is 295 g/mol. The lowest BCUT2D eigenvalue weighted by molar-refractivity contribution is -0.0292. The van der Waals surface area contributed by atoms with E-state index < -0.39 is 0 Å². The number of rotatable bonds is 10. The Labute approximate surface area is 127 Å². The van der Waals surface area contributed by atoms with Gasteiger partial charge in [-0.3, -0.25) is 0 Å². The molecule has 114 valence electrons. The normalized spacial score (nSPS) is 23.5. The summed E-state index contributed by atoms with van der Waals surface area (Å²) in [5.74, 6) is 0.879. The maximum Gasteiger partial charge on any atom is 0.0580 e. The molecule has 0 amide bonds. The van der Waals surface area contributed by atoms with Crippen LogP contribution in [0.3, 0.4) is 0 Å². The molecule has 0 bridgehead atoms. The van der Waals surface area contributed by atoms with Crippen LogP contribution in [0.2, 0.25) is 0 Å². The lowest BCUT2D eigenvalue weighted by Crippen LogP contribution is -2.38. The topological polar surface area (TPSA) is 21.3 Å². The first-order chi connectivity index (χ1) is 9.81. The van der Waals surface area contributed by atoms with E-state index in [9.17, 15) is 0 Å². The molecule has 0 saturated heterocycles. The van der Waals surface area contributed by atoms with Crippen LogP contribution in [0.25, 0.3) is 0 Å². The summed E-state index contributed by atoms with van der Waals surface area (Å²) >= 11 is 1.89. The Morgan fingerprint density at radius 1 is 1.40 bits per heavy atom. The standard InChI is InChI=1S/C17H29NOS/c1-3-9-18-15(7-8-17-6-5-10-20-17)11-14-12-16(13-14)19-4-2/h5-6,10,14-16,18H,3-4,7-9,11-13H2,1-2H3. The van der Waals surface area contributed by atoms with Crippen molar-refractivity contribution in [2.24, 2.45) is 5.92 Å². The summed E-state index contributed by atoms with van der Waals surface area (Å²) in [7, 11) is 0. The Hall–Kier alpha value is -0.380. The van der Waals surface area contributed by atoms with Crippen LogP contribution in [-0.2, 0) is 11.2 Å². The predicted octanol–water partition coefficient (Wildman–Crippen LogP) is 4.25. The van der Waals surface area contributed by atoms with E-state index in [-0.39, 0.29) is 0 Å². The SMILES string of the molecule is CCCNC(CCc1cccs1)CC1CC(OCC)C1. The lowest BCUT2D eigenvalue weighted by Gasteiger charge is -2.37. The smallest absolute Gasteiger partial charge is 0.0580 e. The van der Waals surface area contributed by atoms with Crippen LogP contribution < -0.4 is 5.32 Å². The van der Waals surface area contributed by atoms with E-state index in [0.717, 1.165) is 19.1 Å². The third-order valence-electron chi connectivity index (χ3n) is 4.21. The maximum absolute atomic E-state index is 5.67. The number of nitrogens with one attached hydrogen (secondary N) is 1. The molecule has 1 heterocycles. The summed E-state index contributed by atoms with van der Waals surface area (Å²) in [6.07, 6.45) is 8.15. The Balaban J connectivity index is 1.70. The largest absolute Gasteiger partial charge is 0.378 e. The van der Waals surface area contributed by atoms with Crippen LogP contribution >= 0.6 is 11.3 Å². The monoisotopic (exact) mass is 295 g/mol. The van der Waals surface area contributed by atoms with E-state index in [1.54, 1.807) is 0 Å². The van der Waals surface area contributed by atoms with Crippen LogP contribution in [0.4, 0.5) is 0 Å². The molecule has 0 aliphatic heterocycles. The van der Waals surface area contributed by atoms with Crippen LogP contribution in [0, 0.1) is 5.92 Å². The number of hydrogen-bond donors (Lipinski definition) is 1. The van der Waals surface area contributed by atoms with Gasteiger partial charge >= 0.3 is 0 Å². The Kier molecular flexibility index (Phi) is 7.05. The van der Waals surface area contributed by atoms with Gasteiger partial charge in [0.1, 0.15) is 0 Å². The first-order valence-corrected chi connectivity index (χ1v) is 9.07. The molecule has 1 aromatic rings. The summed E-state index contributed by atoms with van der Waals surface area (Å²) in [4.78, 5) is 1.52. The number of thiophene rings is 1. The minimum Gasteiger partial charge on any atom is -0.378 e. The fourth-order valence-electron chi connectivity index (χ4n) is 3.06. The minimum atomic E-state index is 0.550. The molecule has 0 aromatic carbocycles. The van der Waals surface area contributed by atoms with Gasteiger partial charge in [-0.05, 0) is 69.4 Å². The van der Waals surface area contributed by atoms with Crippen molar-refractivity contribution < 1.29 is 4.74 Å². The zero-order valence-corrected chi connectivity index (χ0v) is 13.8. The van der Waals surface area contributed by atoms with Gasteiger partial charge in [0.05, 0.1) is 6.10 Å². The van der Waals surface area contributed by atoms with Gasteiger partial charge in [0.25, 0.3) is 0 Å². The van der Waals surface area contributed by atoms with Crippen molar-refractivity contribution in [3.8, 4) is 0 Å². The predicted molar refractivity (Wildman–Crippen MR) is 87.5 cm³/mol. The van der Waals surface area contributed by atoms with E-state index in [1.807, 2.05) is 11.3 Å². The number of hydrogen-bond acceptors (Lipinski definition) is 3. The van der Waals surface area contributed by atoms with E-state index >= 15 is 0 Å². The fraction of sp³-hybridized carbons (Fsp3) is 0.765. The zero-order valence-electron chi connectivity index (χ0n) is 12.9. The summed E-state index contributed by atoms with van der Waals surface area (Å²) < 4.78 is 5.67. The highest BCUT2D eigenvalue weighted by molar-refractivity contribution is 7.09. The third-order valence-corrected chi connectivity index (χ3v) is 5.15. The number of ether oxygens (including phenoxy) is 1. The second kappa shape index (κ2) is 8.81. The molecule has 1 aliphatic carbocycles. The maximum atomic E-state index is 5.67. The Morgan fingerprint density at radius 3 is 2.90 bits per heavy atom. The van der Waals surface area contributed by atoms with Gasteiger partial charge in [-0.2, -0.15) is 0 Å². The molecular formula is C17H29NOS. The molecule has 1 saturated carbocycles. The Bertz CT molecular complexity index is 346. The van der Waals surface area contributed by atoms with Crippen molar-refractivity contribution >= 4 is 11.3 Å². The first kappa shape index (κ1) is 16.0. The third kappa shape index (κ3) is 5.19. The van der Waals surface area contributed by atoms with Crippen molar-refractivity contribution in [3.05, 3.63) is 22.4 Å². The van der Waals surface area contributed by atoms with Crippen molar-refractivity contribution in [2.45, 2.75) is 64.5 Å². The van der Waals surface area contributed by atoms with Gasteiger partial charge in [-0.25, -0.2) is 0 Å². The molecule has 3 heteroatoms. The molecular weight excluding hydrogens is 266 g/mol. The van der Waals surface area contributed by atoms with Crippen molar-refractivity contribution in [2.75, 3.05) is 13.2 Å². The van der Waals surface area contributed by atoms with Crippen molar-refractivity contribution in [1.29, 1.82) is 0 Å². The number of aryl methyl sites for hydroxylation is 1. The van der Waals surface area contributed by atoms with Gasteiger partial charge in [0.2, 0.25) is 0 Å². The van der Waals surface area contributed by atoms with Gasteiger partial charge in [0, 0.05) is 17.5 Å². The van der Waals surface area contributed by atoms with Crippen LogP contribution in [0.1, 0.15) is 50.8 Å². The molecule has 0 radical (unpaired) electrons. The summed E-state index contributed by atoms with van der Waals surface area (Å²) in [6.45, 7) is 6.36. The molecule has 1 unspecified atom stereocenters. The molecule has 20 heavy (non-hydrogen) atoms. The Morgan fingerprint density at radius 2 is 2.25 bits per heavy atom. The van der Waals surface area contributed by atoms with Gasteiger partial charge in [0.15, 0.2) is 0 Å². The minimum absolute atomic E-state index is 0.550. The van der Waals surface area contributed by atoms with E-state index in [1.165, 1.54) is 43.4 Å². The van der Waals surface area contributed by atoms with Crippen molar-refractivity contribution in [3.63, 3.8) is 0 Å². The summed E-state index contributed by atoms with van der Waals surface area (Å²) in [6, 6.07) is 5.10. The highest BCUT2D eigenvalue weighted by atomic mass is 32.1. The zero-order chi connectivity index (χ0) is 14.2.